The molecular weight excluding hydrogens is 232 g/mol. The largest absolute Gasteiger partial charge is 0.379 e. The molecule has 2 heterocycles. The number of ether oxygens (including phenoxy) is 1. The van der Waals surface area contributed by atoms with E-state index in [1.54, 1.807) is 7.05 Å². The number of nitrogens with zero attached hydrogens (tertiary/aromatic N) is 4. The van der Waals surface area contributed by atoms with Crippen LogP contribution >= 0.6 is 0 Å². The minimum atomic E-state index is -0.101. The van der Waals surface area contributed by atoms with Crippen molar-refractivity contribution in [2.24, 2.45) is 0 Å². The van der Waals surface area contributed by atoms with Crippen LogP contribution in [0.3, 0.4) is 0 Å². The van der Waals surface area contributed by atoms with Crippen molar-refractivity contribution in [2.45, 2.75) is 18.9 Å². The van der Waals surface area contributed by atoms with Crippen LogP contribution in [-0.2, 0) is 4.74 Å². The smallest absolute Gasteiger partial charge is 0.231 e. The molecule has 0 amide bonds. The van der Waals surface area contributed by atoms with Gasteiger partial charge in [-0.1, -0.05) is 0 Å². The van der Waals surface area contributed by atoms with Gasteiger partial charge >= 0.3 is 0 Å². The minimum absolute atomic E-state index is 0.101. The van der Waals surface area contributed by atoms with Gasteiger partial charge in [0.1, 0.15) is 0 Å². The zero-order valence-corrected chi connectivity index (χ0v) is 11.3. The van der Waals surface area contributed by atoms with E-state index >= 15 is 0 Å². The number of nitrogens with one attached hydrogen (secondary N) is 2. The molecule has 7 heteroatoms. The molecule has 7 nitrogen and oxygen atoms in total. The summed E-state index contributed by atoms with van der Waals surface area (Å²) < 4.78 is 5.41. The van der Waals surface area contributed by atoms with Gasteiger partial charge in [0.25, 0.3) is 0 Å². The van der Waals surface area contributed by atoms with Crippen LogP contribution in [0.5, 0.6) is 0 Å². The normalized spacial score (nSPS) is 22.9. The van der Waals surface area contributed by atoms with E-state index in [0.29, 0.717) is 24.5 Å². The van der Waals surface area contributed by atoms with E-state index in [9.17, 15) is 0 Å². The van der Waals surface area contributed by atoms with Crippen molar-refractivity contribution in [3.63, 3.8) is 0 Å². The van der Waals surface area contributed by atoms with Crippen molar-refractivity contribution >= 4 is 17.8 Å². The number of hydrogen-bond acceptors (Lipinski definition) is 7. The Morgan fingerprint density at radius 3 is 2.50 bits per heavy atom. The molecule has 2 N–H and O–H groups in total. The maximum absolute atomic E-state index is 5.41. The molecule has 0 radical (unpaired) electrons. The Morgan fingerprint density at radius 2 is 1.94 bits per heavy atom. The van der Waals surface area contributed by atoms with Gasteiger partial charge < -0.3 is 20.3 Å². The number of aromatic nitrogens is 3. The van der Waals surface area contributed by atoms with E-state index in [4.69, 9.17) is 4.74 Å². The van der Waals surface area contributed by atoms with E-state index in [2.05, 4.69) is 32.5 Å². The second-order valence-electron chi connectivity index (χ2n) is 4.92. The second-order valence-corrected chi connectivity index (χ2v) is 4.92. The van der Waals surface area contributed by atoms with Gasteiger partial charge in [-0.15, -0.1) is 0 Å². The van der Waals surface area contributed by atoms with E-state index < -0.39 is 0 Å². The van der Waals surface area contributed by atoms with E-state index in [0.717, 1.165) is 13.0 Å². The molecule has 0 aromatic carbocycles. The molecule has 18 heavy (non-hydrogen) atoms. The molecular formula is C11H20N6O. The Kier molecular flexibility index (Phi) is 3.51. The summed E-state index contributed by atoms with van der Waals surface area (Å²) in [4.78, 5) is 14.8. The highest BCUT2D eigenvalue weighted by Gasteiger charge is 2.30. The fourth-order valence-electron chi connectivity index (χ4n) is 1.77. The third-order valence-electron chi connectivity index (χ3n) is 2.88. The van der Waals surface area contributed by atoms with Gasteiger partial charge in [0.15, 0.2) is 0 Å². The molecule has 100 valence electrons. The molecule has 2 rings (SSSR count). The predicted octanol–water partition coefficient (Wildman–Crippen LogP) is 0.570. The van der Waals surface area contributed by atoms with Crippen LogP contribution in [0.2, 0.25) is 0 Å². The first-order chi connectivity index (χ1) is 8.52. The van der Waals surface area contributed by atoms with Crippen molar-refractivity contribution in [3.8, 4) is 0 Å². The molecule has 1 aliphatic heterocycles. The quantitative estimate of drug-likeness (QED) is 0.811. The summed E-state index contributed by atoms with van der Waals surface area (Å²) in [6, 6.07) is 0. The SMILES string of the molecule is CNc1nc(NC2(C)CCOC2)nc(N(C)C)n1. The van der Waals surface area contributed by atoms with E-state index in [1.165, 1.54) is 0 Å². The van der Waals surface area contributed by atoms with Gasteiger partial charge in [-0.05, 0) is 13.3 Å². The Morgan fingerprint density at radius 1 is 1.22 bits per heavy atom. The standard InChI is InChI=1S/C11H20N6O/c1-11(5-6-18-7-11)16-9-13-8(12-2)14-10(15-9)17(3)4/h5-7H2,1-4H3,(H2,12,13,14,15,16). The molecule has 1 aliphatic rings. The third-order valence-corrected chi connectivity index (χ3v) is 2.88. The maximum Gasteiger partial charge on any atom is 0.231 e. The van der Waals surface area contributed by atoms with Gasteiger partial charge in [-0.25, -0.2) is 0 Å². The minimum Gasteiger partial charge on any atom is -0.379 e. The van der Waals surface area contributed by atoms with Gasteiger partial charge in [-0.2, -0.15) is 15.0 Å². The molecule has 1 saturated heterocycles. The van der Waals surface area contributed by atoms with Crippen molar-refractivity contribution in [3.05, 3.63) is 0 Å². The highest BCUT2D eigenvalue weighted by atomic mass is 16.5. The van der Waals surface area contributed by atoms with Crippen LogP contribution in [0.1, 0.15) is 13.3 Å². The van der Waals surface area contributed by atoms with E-state index in [1.807, 2.05) is 19.0 Å². The molecule has 1 atom stereocenters. The molecule has 0 spiro atoms. The molecule has 0 saturated carbocycles. The molecule has 1 aromatic rings. The summed E-state index contributed by atoms with van der Waals surface area (Å²) in [5, 5.41) is 6.27. The second kappa shape index (κ2) is 4.93. The Hall–Kier alpha value is -1.63. The molecule has 1 unspecified atom stereocenters. The average Bonchev–Trinajstić information content (AvgIpc) is 2.75. The monoisotopic (exact) mass is 252 g/mol. The summed E-state index contributed by atoms with van der Waals surface area (Å²) >= 11 is 0. The summed E-state index contributed by atoms with van der Waals surface area (Å²) in [6.07, 6.45) is 0.949. The maximum atomic E-state index is 5.41. The van der Waals surface area contributed by atoms with Crippen LogP contribution in [0.4, 0.5) is 17.8 Å². The lowest BCUT2D eigenvalue weighted by Crippen LogP contribution is -2.36. The van der Waals surface area contributed by atoms with Gasteiger partial charge in [0.2, 0.25) is 17.8 Å². The highest BCUT2D eigenvalue weighted by Crippen LogP contribution is 2.23. The Labute approximate surface area is 107 Å². The number of rotatable bonds is 4. The van der Waals surface area contributed by atoms with Crippen LogP contribution in [0.25, 0.3) is 0 Å². The molecule has 0 aliphatic carbocycles. The Balaban J connectivity index is 2.23. The van der Waals surface area contributed by atoms with Crippen LogP contribution in [0.15, 0.2) is 0 Å². The summed E-state index contributed by atoms with van der Waals surface area (Å²) in [5.74, 6) is 1.75. The average molecular weight is 252 g/mol. The van der Waals surface area contributed by atoms with Gasteiger partial charge in [-0.3, -0.25) is 0 Å². The first kappa shape index (κ1) is 12.8. The van der Waals surface area contributed by atoms with Crippen LogP contribution in [-0.4, -0.2) is 54.8 Å². The van der Waals surface area contributed by atoms with Gasteiger partial charge in [0, 0.05) is 27.7 Å². The highest BCUT2D eigenvalue weighted by molar-refractivity contribution is 5.44. The molecule has 1 aromatic heterocycles. The lowest BCUT2D eigenvalue weighted by atomic mass is 10.0. The zero-order valence-electron chi connectivity index (χ0n) is 11.3. The van der Waals surface area contributed by atoms with Crippen molar-refractivity contribution in [2.75, 3.05) is 49.9 Å². The van der Waals surface area contributed by atoms with Crippen molar-refractivity contribution < 1.29 is 4.74 Å². The first-order valence-electron chi connectivity index (χ1n) is 5.99. The predicted molar refractivity (Wildman–Crippen MR) is 71.2 cm³/mol. The Bertz CT molecular complexity index is 416. The molecule has 0 bridgehead atoms. The lowest BCUT2D eigenvalue weighted by Gasteiger charge is -2.24. The van der Waals surface area contributed by atoms with Crippen molar-refractivity contribution in [1.29, 1.82) is 0 Å². The number of hydrogen-bond donors (Lipinski definition) is 2. The van der Waals surface area contributed by atoms with Crippen molar-refractivity contribution in [1.82, 2.24) is 15.0 Å². The lowest BCUT2D eigenvalue weighted by molar-refractivity contribution is 0.185. The fourth-order valence-corrected chi connectivity index (χ4v) is 1.77. The molecule has 1 fully saturated rings. The number of anilines is 3. The van der Waals surface area contributed by atoms with Gasteiger partial charge in [0.05, 0.1) is 12.1 Å². The van der Waals surface area contributed by atoms with Crippen LogP contribution < -0.4 is 15.5 Å². The summed E-state index contributed by atoms with van der Waals surface area (Å²) in [5.41, 5.74) is -0.101. The third kappa shape index (κ3) is 2.79. The summed E-state index contributed by atoms with van der Waals surface area (Å²) in [6.45, 7) is 3.55. The topological polar surface area (TPSA) is 75.2 Å². The fraction of sp³-hybridized carbons (Fsp3) is 0.727. The summed E-state index contributed by atoms with van der Waals surface area (Å²) in [7, 11) is 5.59. The zero-order chi connectivity index (χ0) is 13.2. The first-order valence-corrected chi connectivity index (χ1v) is 5.99. The van der Waals surface area contributed by atoms with Crippen LogP contribution in [0, 0.1) is 0 Å². The van der Waals surface area contributed by atoms with E-state index in [-0.39, 0.29) is 5.54 Å².